The summed E-state index contributed by atoms with van der Waals surface area (Å²) < 4.78 is 34.7. The predicted molar refractivity (Wildman–Crippen MR) is 241 cm³/mol. The number of hydrogen-bond acceptors (Lipinski definition) is 7. The molecule has 0 aromatic heterocycles. The highest BCUT2D eigenvalue weighted by Crippen LogP contribution is 2.38. The lowest BCUT2D eigenvalue weighted by Gasteiger charge is -2.28. The Morgan fingerprint density at radius 3 is 1.16 bits per heavy atom. The van der Waals surface area contributed by atoms with E-state index in [0.29, 0.717) is 24.1 Å². The number of phosphoric acid groups is 1. The van der Waals surface area contributed by atoms with Crippen molar-refractivity contribution in [3.05, 3.63) is 0 Å². The molecule has 8 nitrogen and oxygen atoms in total. The van der Waals surface area contributed by atoms with Crippen molar-refractivity contribution in [3.8, 4) is 0 Å². The Bertz CT molecular complexity index is 883. The third-order valence-electron chi connectivity index (χ3n) is 11.2. The molecule has 0 amide bonds. The van der Waals surface area contributed by atoms with E-state index in [-0.39, 0.29) is 25.8 Å². The third kappa shape index (κ3) is 46.4. The van der Waals surface area contributed by atoms with E-state index in [1.165, 1.54) is 193 Å². The smallest absolute Gasteiger partial charge is 0.306 e. The summed E-state index contributed by atoms with van der Waals surface area (Å²) in [5, 5.41) is 0. The summed E-state index contributed by atoms with van der Waals surface area (Å²) in [6.07, 6.45) is 45.5. The molecule has 0 fully saturated rings. The van der Waals surface area contributed by atoms with Crippen LogP contribution < -0.4 is 4.89 Å². The zero-order valence-corrected chi connectivity index (χ0v) is 39.7. The molecule has 0 spiro atoms. The van der Waals surface area contributed by atoms with Crippen LogP contribution in [0.5, 0.6) is 0 Å². The Balaban J connectivity index is 4.07. The van der Waals surface area contributed by atoms with E-state index < -0.39 is 13.9 Å². The van der Waals surface area contributed by atoms with Crippen molar-refractivity contribution in [1.29, 1.82) is 0 Å². The van der Waals surface area contributed by atoms with Crippen LogP contribution in [-0.4, -0.2) is 70.7 Å². The lowest BCUT2D eigenvalue weighted by molar-refractivity contribution is -0.870. The summed E-state index contributed by atoms with van der Waals surface area (Å²) in [6.45, 7) is 5.48. The van der Waals surface area contributed by atoms with Crippen LogP contribution in [-0.2, 0) is 27.9 Å². The van der Waals surface area contributed by atoms with Crippen LogP contribution in [0, 0.1) is 0 Å². The number of carbonyl (C=O) groups excluding carboxylic acids is 1. The van der Waals surface area contributed by atoms with Crippen molar-refractivity contribution in [3.63, 3.8) is 0 Å². The average molecular weight is 832 g/mol. The van der Waals surface area contributed by atoms with Crippen molar-refractivity contribution in [2.75, 3.05) is 54.1 Å². The first-order chi connectivity index (χ1) is 27.6. The Morgan fingerprint density at radius 1 is 0.474 bits per heavy atom. The molecule has 0 radical (unpaired) electrons. The molecule has 57 heavy (non-hydrogen) atoms. The number of ether oxygens (including phenoxy) is 2. The molecule has 0 bridgehead atoms. The summed E-state index contributed by atoms with van der Waals surface area (Å²) in [5.74, 6) is -0.327. The highest BCUT2D eigenvalue weighted by atomic mass is 31.2. The molecule has 0 aliphatic heterocycles. The van der Waals surface area contributed by atoms with Gasteiger partial charge in [-0.3, -0.25) is 9.36 Å². The fraction of sp³-hybridized carbons (Fsp3) is 0.979. The highest BCUT2D eigenvalue weighted by molar-refractivity contribution is 7.45. The van der Waals surface area contributed by atoms with Crippen molar-refractivity contribution < 1.29 is 37.3 Å². The van der Waals surface area contributed by atoms with Crippen LogP contribution in [0.4, 0.5) is 0 Å². The molecule has 0 saturated heterocycles. The fourth-order valence-electron chi connectivity index (χ4n) is 7.31. The van der Waals surface area contributed by atoms with Crippen LogP contribution in [0.1, 0.15) is 245 Å². The second kappa shape index (κ2) is 42.2. The lowest BCUT2D eigenvalue weighted by atomic mass is 10.0. The summed E-state index contributed by atoms with van der Waals surface area (Å²) in [7, 11) is 1.38. The molecule has 9 heteroatoms. The number of phosphoric ester groups is 1. The maximum atomic E-state index is 12.7. The van der Waals surface area contributed by atoms with Gasteiger partial charge in [0.25, 0.3) is 7.82 Å². The Kier molecular flexibility index (Phi) is 41.8. The van der Waals surface area contributed by atoms with Gasteiger partial charge in [-0.15, -0.1) is 0 Å². The van der Waals surface area contributed by atoms with E-state index in [1.54, 1.807) is 0 Å². The molecular formula is C48H98NO7P. The van der Waals surface area contributed by atoms with E-state index >= 15 is 0 Å². The maximum Gasteiger partial charge on any atom is 0.306 e. The zero-order valence-electron chi connectivity index (χ0n) is 38.8. The topological polar surface area (TPSA) is 94.1 Å². The minimum atomic E-state index is -4.52. The Morgan fingerprint density at radius 2 is 0.807 bits per heavy atom. The first-order valence-electron chi connectivity index (χ1n) is 24.8. The van der Waals surface area contributed by atoms with E-state index in [4.69, 9.17) is 18.5 Å². The molecule has 2 unspecified atom stereocenters. The van der Waals surface area contributed by atoms with Gasteiger partial charge in [-0.2, -0.15) is 0 Å². The second-order valence-electron chi connectivity index (χ2n) is 18.2. The van der Waals surface area contributed by atoms with Gasteiger partial charge >= 0.3 is 5.97 Å². The quantitative estimate of drug-likeness (QED) is 0.0261. The van der Waals surface area contributed by atoms with Gasteiger partial charge in [-0.25, -0.2) is 0 Å². The summed E-state index contributed by atoms with van der Waals surface area (Å²) in [5.41, 5.74) is 0. The largest absolute Gasteiger partial charge is 0.756 e. The molecular weight excluding hydrogens is 734 g/mol. The molecule has 0 rings (SSSR count). The summed E-state index contributed by atoms with van der Waals surface area (Å²) in [4.78, 5) is 25.1. The van der Waals surface area contributed by atoms with Gasteiger partial charge in [0.2, 0.25) is 0 Å². The van der Waals surface area contributed by atoms with Crippen LogP contribution in [0.15, 0.2) is 0 Å². The number of unbranched alkanes of at least 4 members (excludes halogenated alkanes) is 33. The molecule has 0 aromatic rings. The number of nitrogens with zero attached hydrogens (tertiary/aromatic N) is 1. The standard InChI is InChI=1S/C48H98NO7P/c1-6-8-10-12-14-16-18-20-22-23-24-25-26-27-28-30-32-34-36-38-40-43-53-45-47(46-55-57(51,52)54-44-42-49(3,4)5)56-48(50)41-39-37-35-33-31-29-21-19-17-15-13-11-9-7-2/h47H,6-46H2,1-5H3. The van der Waals surface area contributed by atoms with Gasteiger partial charge in [0.15, 0.2) is 0 Å². The Hall–Kier alpha value is -0.500. The molecule has 0 N–H and O–H groups in total. The van der Waals surface area contributed by atoms with Gasteiger partial charge in [0.1, 0.15) is 19.3 Å². The van der Waals surface area contributed by atoms with Gasteiger partial charge in [0, 0.05) is 13.0 Å². The lowest BCUT2D eigenvalue weighted by Crippen LogP contribution is -2.37. The van der Waals surface area contributed by atoms with Gasteiger partial charge in [-0.1, -0.05) is 226 Å². The molecule has 0 aliphatic carbocycles. The third-order valence-corrected chi connectivity index (χ3v) is 12.1. The van der Waals surface area contributed by atoms with Crippen molar-refractivity contribution >= 4 is 13.8 Å². The molecule has 0 saturated carbocycles. The van der Waals surface area contributed by atoms with Crippen LogP contribution in [0.3, 0.4) is 0 Å². The van der Waals surface area contributed by atoms with Gasteiger partial charge < -0.3 is 27.9 Å². The molecule has 0 aliphatic rings. The fourth-order valence-corrected chi connectivity index (χ4v) is 8.04. The zero-order chi connectivity index (χ0) is 42.0. The van der Waals surface area contributed by atoms with Crippen LogP contribution >= 0.6 is 7.82 Å². The number of rotatable bonds is 47. The van der Waals surface area contributed by atoms with Gasteiger partial charge in [-0.05, 0) is 12.8 Å². The van der Waals surface area contributed by atoms with Crippen molar-refractivity contribution in [2.45, 2.75) is 251 Å². The number of quaternary nitrogens is 1. The average Bonchev–Trinajstić information content (AvgIpc) is 3.16. The van der Waals surface area contributed by atoms with E-state index in [0.717, 1.165) is 32.1 Å². The van der Waals surface area contributed by atoms with Crippen molar-refractivity contribution in [2.24, 2.45) is 0 Å². The highest BCUT2D eigenvalue weighted by Gasteiger charge is 2.20. The normalized spacial score (nSPS) is 13.6. The molecule has 342 valence electrons. The number of carbonyl (C=O) groups is 1. The number of esters is 1. The molecule has 0 aromatic carbocycles. The number of hydrogen-bond donors (Lipinski definition) is 0. The van der Waals surface area contributed by atoms with Crippen molar-refractivity contribution in [1.82, 2.24) is 0 Å². The Labute approximate surface area is 355 Å². The molecule has 0 heterocycles. The monoisotopic (exact) mass is 832 g/mol. The molecule has 2 atom stereocenters. The van der Waals surface area contributed by atoms with E-state index in [9.17, 15) is 14.3 Å². The SMILES string of the molecule is CCCCCCCCCCCCCCCCCCCCCCCOCC(COP(=O)([O-])OCC[N+](C)(C)C)OC(=O)CCCCCCCCCCCCCCCC. The second-order valence-corrected chi connectivity index (χ2v) is 19.6. The summed E-state index contributed by atoms with van der Waals surface area (Å²) >= 11 is 0. The van der Waals surface area contributed by atoms with Gasteiger partial charge in [0.05, 0.1) is 34.4 Å². The van der Waals surface area contributed by atoms with E-state index in [2.05, 4.69) is 13.8 Å². The minimum Gasteiger partial charge on any atom is -0.756 e. The summed E-state index contributed by atoms with van der Waals surface area (Å²) in [6, 6.07) is 0. The minimum absolute atomic E-state index is 0.0316. The number of likely N-dealkylation sites (N-methyl/N-ethyl adjacent to an activating group) is 1. The first-order valence-corrected chi connectivity index (χ1v) is 26.2. The maximum absolute atomic E-state index is 12.7. The van der Waals surface area contributed by atoms with Crippen LogP contribution in [0.2, 0.25) is 0 Å². The predicted octanol–water partition coefficient (Wildman–Crippen LogP) is 14.2. The first kappa shape index (κ1) is 56.5. The van der Waals surface area contributed by atoms with Crippen LogP contribution in [0.25, 0.3) is 0 Å². The van der Waals surface area contributed by atoms with E-state index in [1.807, 2.05) is 21.1 Å².